The molecule has 0 bridgehead atoms. The fourth-order valence-corrected chi connectivity index (χ4v) is 2.53. The van der Waals surface area contributed by atoms with Gasteiger partial charge in [0.2, 0.25) is 0 Å². The first-order chi connectivity index (χ1) is 9.47. The van der Waals surface area contributed by atoms with Crippen molar-refractivity contribution in [2.75, 3.05) is 0 Å². The maximum atomic E-state index is 6.56. The van der Waals surface area contributed by atoms with E-state index in [-0.39, 0.29) is 11.5 Å². The van der Waals surface area contributed by atoms with Gasteiger partial charge in [0.25, 0.3) is 0 Å². The molecule has 2 rings (SSSR count). The average Bonchev–Trinajstić information content (AvgIpc) is 2.41. The van der Waals surface area contributed by atoms with Crippen LogP contribution in [0, 0.1) is 6.92 Å². The Morgan fingerprint density at radius 3 is 2.15 bits per heavy atom. The Hall–Kier alpha value is -0.990. The van der Waals surface area contributed by atoms with Crippen molar-refractivity contribution in [3.05, 3.63) is 63.6 Å². The molecular weight excluding hydrogens is 336 g/mol. The summed E-state index contributed by atoms with van der Waals surface area (Å²) in [5.74, 6) is 0.875. The highest BCUT2D eigenvalue weighted by Crippen LogP contribution is 2.32. The van der Waals surface area contributed by atoms with E-state index in [1.54, 1.807) is 0 Å². The third-order valence-corrected chi connectivity index (χ3v) is 4.41. The summed E-state index contributed by atoms with van der Waals surface area (Å²) >= 11 is 10.1. The molecule has 0 aliphatic heterocycles. The third-order valence-electron chi connectivity index (χ3n) is 3.02. The van der Waals surface area contributed by atoms with Crippen LogP contribution in [0.15, 0.2) is 46.9 Å². The molecule has 0 radical (unpaired) electrons. The zero-order valence-electron chi connectivity index (χ0n) is 11.9. The number of halogens is 2. The van der Waals surface area contributed by atoms with Gasteiger partial charge in [-0.3, -0.25) is 0 Å². The van der Waals surface area contributed by atoms with Crippen LogP contribution in [0.4, 0.5) is 0 Å². The molecule has 0 amide bonds. The molecule has 0 aromatic heterocycles. The molecule has 3 heteroatoms. The predicted octanol–water partition coefficient (Wildman–Crippen LogP) is 5.87. The number of hydrogen-bond acceptors (Lipinski definition) is 1. The van der Waals surface area contributed by atoms with E-state index >= 15 is 0 Å². The van der Waals surface area contributed by atoms with Gasteiger partial charge in [-0.2, -0.15) is 0 Å². The van der Waals surface area contributed by atoms with Crippen LogP contribution in [0.1, 0.15) is 35.9 Å². The Bertz CT molecular complexity index is 578. The Balaban J connectivity index is 2.20. The Labute approximate surface area is 134 Å². The molecule has 1 nitrogen and oxygen atoms in total. The topological polar surface area (TPSA) is 9.23 Å². The second-order valence-corrected chi connectivity index (χ2v) is 6.40. The molecular formula is C17H18BrClO. The first-order valence-corrected chi connectivity index (χ1v) is 7.87. The van der Waals surface area contributed by atoms with Gasteiger partial charge < -0.3 is 4.74 Å². The average molecular weight is 354 g/mol. The normalized spacial score (nSPS) is 12.5. The van der Waals surface area contributed by atoms with Crippen molar-refractivity contribution < 1.29 is 4.74 Å². The largest absolute Gasteiger partial charge is 0.491 e. The Morgan fingerprint density at radius 2 is 1.60 bits per heavy atom. The Kier molecular flexibility index (Phi) is 5.11. The smallest absolute Gasteiger partial charge is 0.119 e. The van der Waals surface area contributed by atoms with Gasteiger partial charge in [-0.1, -0.05) is 40.2 Å². The highest BCUT2D eigenvalue weighted by atomic mass is 79.9. The number of rotatable bonds is 4. The van der Waals surface area contributed by atoms with Gasteiger partial charge in [0.1, 0.15) is 5.75 Å². The molecule has 0 N–H and O–H groups in total. The van der Waals surface area contributed by atoms with Crippen molar-refractivity contribution >= 4 is 27.5 Å². The quantitative estimate of drug-likeness (QED) is 0.624. The summed E-state index contributed by atoms with van der Waals surface area (Å²) < 4.78 is 6.74. The van der Waals surface area contributed by atoms with E-state index in [4.69, 9.17) is 16.3 Å². The maximum Gasteiger partial charge on any atom is 0.119 e. The monoisotopic (exact) mass is 352 g/mol. The summed E-state index contributed by atoms with van der Waals surface area (Å²) in [6, 6.07) is 14.2. The first kappa shape index (κ1) is 15.4. The van der Waals surface area contributed by atoms with Crippen molar-refractivity contribution in [3.63, 3.8) is 0 Å². The minimum Gasteiger partial charge on any atom is -0.491 e. The minimum atomic E-state index is -0.144. The van der Waals surface area contributed by atoms with Gasteiger partial charge in [0.05, 0.1) is 11.5 Å². The second-order valence-electron chi connectivity index (χ2n) is 5.11. The van der Waals surface area contributed by atoms with Crippen LogP contribution in [0.2, 0.25) is 0 Å². The summed E-state index contributed by atoms with van der Waals surface area (Å²) in [6.45, 7) is 6.10. The lowest BCUT2D eigenvalue weighted by Gasteiger charge is -2.14. The van der Waals surface area contributed by atoms with Crippen molar-refractivity contribution in [1.82, 2.24) is 0 Å². The molecule has 2 aromatic rings. The van der Waals surface area contributed by atoms with Crippen LogP contribution >= 0.6 is 27.5 Å². The molecule has 0 aliphatic rings. The first-order valence-electron chi connectivity index (χ1n) is 6.64. The fourth-order valence-electron chi connectivity index (χ4n) is 2.01. The van der Waals surface area contributed by atoms with Crippen LogP contribution in [-0.2, 0) is 0 Å². The molecule has 0 aliphatic carbocycles. The lowest BCUT2D eigenvalue weighted by molar-refractivity contribution is 0.242. The number of aryl methyl sites for hydroxylation is 1. The number of ether oxygens (including phenoxy) is 1. The Morgan fingerprint density at radius 1 is 1.00 bits per heavy atom. The molecule has 0 fully saturated rings. The molecule has 1 atom stereocenters. The maximum absolute atomic E-state index is 6.56. The lowest BCUT2D eigenvalue weighted by atomic mass is 10.0. The SMILES string of the molecule is Cc1cc(C(Cl)c2ccc(OC(C)C)cc2)ccc1Br. The molecule has 106 valence electrons. The number of alkyl halides is 1. The van der Waals surface area contributed by atoms with Crippen molar-refractivity contribution in [3.8, 4) is 5.75 Å². The van der Waals surface area contributed by atoms with E-state index in [0.29, 0.717) is 0 Å². The van der Waals surface area contributed by atoms with Gasteiger partial charge in [-0.05, 0) is 55.7 Å². The molecule has 0 saturated carbocycles. The van der Waals surface area contributed by atoms with Crippen LogP contribution in [0.25, 0.3) is 0 Å². The predicted molar refractivity (Wildman–Crippen MR) is 88.8 cm³/mol. The fraction of sp³-hybridized carbons (Fsp3) is 0.294. The summed E-state index contributed by atoms with van der Waals surface area (Å²) in [5, 5.41) is -0.144. The third kappa shape index (κ3) is 3.77. The van der Waals surface area contributed by atoms with Crippen LogP contribution in [0.5, 0.6) is 5.75 Å². The van der Waals surface area contributed by atoms with E-state index in [9.17, 15) is 0 Å². The van der Waals surface area contributed by atoms with Gasteiger partial charge in [-0.25, -0.2) is 0 Å². The summed E-state index contributed by atoms with van der Waals surface area (Å²) in [4.78, 5) is 0. The molecule has 0 spiro atoms. The molecule has 0 saturated heterocycles. The zero-order chi connectivity index (χ0) is 14.7. The van der Waals surface area contributed by atoms with E-state index < -0.39 is 0 Å². The summed E-state index contributed by atoms with van der Waals surface area (Å²) in [7, 11) is 0. The number of hydrogen-bond donors (Lipinski definition) is 0. The lowest BCUT2D eigenvalue weighted by Crippen LogP contribution is -2.05. The van der Waals surface area contributed by atoms with Gasteiger partial charge in [0, 0.05) is 4.47 Å². The van der Waals surface area contributed by atoms with Crippen LogP contribution in [-0.4, -0.2) is 6.10 Å². The van der Waals surface area contributed by atoms with Gasteiger partial charge >= 0.3 is 0 Å². The highest BCUT2D eigenvalue weighted by molar-refractivity contribution is 9.10. The van der Waals surface area contributed by atoms with E-state index in [1.807, 2.05) is 50.2 Å². The molecule has 0 heterocycles. The molecule has 20 heavy (non-hydrogen) atoms. The minimum absolute atomic E-state index is 0.144. The van der Waals surface area contributed by atoms with E-state index in [1.165, 1.54) is 5.56 Å². The second kappa shape index (κ2) is 6.64. The van der Waals surface area contributed by atoms with E-state index in [0.717, 1.165) is 21.3 Å². The van der Waals surface area contributed by atoms with Gasteiger partial charge in [0.15, 0.2) is 0 Å². The van der Waals surface area contributed by atoms with Gasteiger partial charge in [-0.15, -0.1) is 11.6 Å². The van der Waals surface area contributed by atoms with Crippen molar-refractivity contribution in [1.29, 1.82) is 0 Å². The van der Waals surface area contributed by atoms with Crippen LogP contribution < -0.4 is 4.74 Å². The van der Waals surface area contributed by atoms with Crippen LogP contribution in [0.3, 0.4) is 0 Å². The highest BCUT2D eigenvalue weighted by Gasteiger charge is 2.12. The summed E-state index contributed by atoms with van der Waals surface area (Å²) in [6.07, 6.45) is 0.182. The molecule has 2 aromatic carbocycles. The number of benzene rings is 2. The summed E-state index contributed by atoms with van der Waals surface area (Å²) in [5.41, 5.74) is 3.36. The van der Waals surface area contributed by atoms with Crippen molar-refractivity contribution in [2.45, 2.75) is 32.3 Å². The molecule has 1 unspecified atom stereocenters. The zero-order valence-corrected chi connectivity index (χ0v) is 14.2. The standard InChI is InChI=1S/C17H18BrClO/c1-11(2)20-15-7-4-13(5-8-15)17(19)14-6-9-16(18)12(3)10-14/h4-11,17H,1-3H3. The van der Waals surface area contributed by atoms with E-state index in [2.05, 4.69) is 28.9 Å². The van der Waals surface area contributed by atoms with Crippen molar-refractivity contribution in [2.24, 2.45) is 0 Å².